The fourth-order valence-electron chi connectivity index (χ4n) is 2.23. The molecule has 2 aromatic carbocycles. The Morgan fingerprint density at radius 1 is 1.29 bits per heavy atom. The van der Waals surface area contributed by atoms with E-state index in [4.69, 9.17) is 0 Å². The Balaban J connectivity index is 2.15. The first-order valence-corrected chi connectivity index (χ1v) is 6.72. The van der Waals surface area contributed by atoms with Gasteiger partial charge in [-0.1, -0.05) is 24.3 Å². The van der Waals surface area contributed by atoms with Gasteiger partial charge >= 0.3 is 0 Å². The number of hydrogen-bond donors (Lipinski definition) is 1. The highest BCUT2D eigenvalue weighted by Crippen LogP contribution is 2.26. The molecule has 0 saturated carbocycles. The second kappa shape index (κ2) is 6.35. The van der Waals surface area contributed by atoms with Gasteiger partial charge in [0, 0.05) is 12.1 Å². The van der Waals surface area contributed by atoms with Gasteiger partial charge < -0.3 is 5.32 Å². The molecule has 110 valence electrons. The van der Waals surface area contributed by atoms with Crippen molar-refractivity contribution in [3.63, 3.8) is 0 Å². The van der Waals surface area contributed by atoms with Crippen LogP contribution in [0.1, 0.15) is 18.1 Å². The van der Waals surface area contributed by atoms with Gasteiger partial charge in [0.2, 0.25) is 0 Å². The van der Waals surface area contributed by atoms with Gasteiger partial charge in [0.1, 0.15) is 11.5 Å². The number of rotatable bonds is 5. The highest BCUT2D eigenvalue weighted by atomic mass is 19.1. The van der Waals surface area contributed by atoms with Gasteiger partial charge in [0.25, 0.3) is 5.69 Å². The molecule has 1 atom stereocenters. The lowest BCUT2D eigenvalue weighted by Gasteiger charge is -2.16. The van der Waals surface area contributed by atoms with Crippen molar-refractivity contribution < 1.29 is 9.31 Å². The number of anilines is 1. The highest BCUT2D eigenvalue weighted by molar-refractivity contribution is 5.63. The molecule has 2 aromatic rings. The number of nitro groups is 1. The number of aryl methyl sites for hydroxylation is 1. The van der Waals surface area contributed by atoms with Crippen LogP contribution in [-0.2, 0) is 6.42 Å². The minimum Gasteiger partial charge on any atom is -0.377 e. The summed E-state index contributed by atoms with van der Waals surface area (Å²) in [5, 5.41) is 14.2. The van der Waals surface area contributed by atoms with Gasteiger partial charge in [0.15, 0.2) is 0 Å². The maximum atomic E-state index is 13.6. The van der Waals surface area contributed by atoms with Crippen molar-refractivity contribution in [2.24, 2.45) is 0 Å². The Bertz CT molecular complexity index is 658. The maximum absolute atomic E-state index is 13.6. The molecule has 2 rings (SSSR count). The minimum atomic E-state index is -0.412. The van der Waals surface area contributed by atoms with E-state index in [2.05, 4.69) is 5.32 Å². The summed E-state index contributed by atoms with van der Waals surface area (Å²) in [7, 11) is 0. The van der Waals surface area contributed by atoms with Crippen molar-refractivity contribution >= 4 is 11.4 Å². The highest BCUT2D eigenvalue weighted by Gasteiger charge is 2.16. The topological polar surface area (TPSA) is 55.2 Å². The standard InChI is InChI=1S/C16H17FN2O2/c1-11-7-8-15(16(9-11)19(20)21)18-12(2)10-13-5-3-4-6-14(13)17/h3-9,12,18H,10H2,1-2H3. The first kappa shape index (κ1) is 15.0. The molecule has 0 saturated heterocycles. The number of hydrogen-bond acceptors (Lipinski definition) is 3. The Kier molecular flexibility index (Phi) is 4.52. The predicted octanol–water partition coefficient (Wildman–Crippen LogP) is 4.09. The van der Waals surface area contributed by atoms with Crippen molar-refractivity contribution in [1.82, 2.24) is 0 Å². The van der Waals surface area contributed by atoms with Crippen LogP contribution >= 0.6 is 0 Å². The van der Waals surface area contributed by atoms with Crippen molar-refractivity contribution in [3.05, 3.63) is 69.5 Å². The summed E-state index contributed by atoms with van der Waals surface area (Å²) in [6.07, 6.45) is 0.456. The zero-order valence-electron chi connectivity index (χ0n) is 12.0. The number of halogens is 1. The van der Waals surface area contributed by atoms with Crippen molar-refractivity contribution in [2.75, 3.05) is 5.32 Å². The summed E-state index contributed by atoms with van der Waals surface area (Å²) in [5.74, 6) is -0.260. The summed E-state index contributed by atoms with van der Waals surface area (Å²) in [6, 6.07) is 11.5. The normalized spacial score (nSPS) is 12.0. The summed E-state index contributed by atoms with van der Waals surface area (Å²) in [4.78, 5) is 10.7. The fraction of sp³-hybridized carbons (Fsp3) is 0.250. The van der Waals surface area contributed by atoms with Gasteiger partial charge in [-0.05, 0) is 43.5 Å². The van der Waals surface area contributed by atoms with Crippen LogP contribution in [0.4, 0.5) is 15.8 Å². The summed E-state index contributed by atoms with van der Waals surface area (Å²) < 4.78 is 13.6. The minimum absolute atomic E-state index is 0.0374. The van der Waals surface area contributed by atoms with E-state index in [0.717, 1.165) is 5.56 Å². The molecule has 0 fully saturated rings. The van der Waals surface area contributed by atoms with Crippen LogP contribution in [0.2, 0.25) is 0 Å². The first-order chi connectivity index (χ1) is 9.97. The summed E-state index contributed by atoms with van der Waals surface area (Å²) >= 11 is 0. The van der Waals surface area contributed by atoms with E-state index in [1.807, 2.05) is 13.0 Å². The molecule has 0 aliphatic heterocycles. The molecule has 4 nitrogen and oxygen atoms in total. The molecule has 21 heavy (non-hydrogen) atoms. The van der Waals surface area contributed by atoms with E-state index in [0.29, 0.717) is 17.7 Å². The van der Waals surface area contributed by atoms with Crippen LogP contribution in [-0.4, -0.2) is 11.0 Å². The molecule has 0 aliphatic rings. The van der Waals surface area contributed by atoms with Crippen molar-refractivity contribution in [2.45, 2.75) is 26.3 Å². The van der Waals surface area contributed by atoms with E-state index >= 15 is 0 Å². The van der Waals surface area contributed by atoms with Crippen LogP contribution in [0.5, 0.6) is 0 Å². The lowest BCUT2D eigenvalue weighted by Crippen LogP contribution is -2.19. The summed E-state index contributed by atoms with van der Waals surface area (Å²) in [6.45, 7) is 3.68. The van der Waals surface area contributed by atoms with Gasteiger partial charge in [-0.25, -0.2) is 4.39 Å². The van der Waals surface area contributed by atoms with E-state index < -0.39 is 4.92 Å². The Morgan fingerprint density at radius 3 is 2.67 bits per heavy atom. The SMILES string of the molecule is Cc1ccc(NC(C)Cc2ccccc2F)c([N+](=O)[O-])c1. The molecular weight excluding hydrogens is 271 g/mol. The molecular formula is C16H17FN2O2. The second-order valence-electron chi connectivity index (χ2n) is 5.12. The van der Waals surface area contributed by atoms with Crippen molar-refractivity contribution in [3.8, 4) is 0 Å². The van der Waals surface area contributed by atoms with E-state index in [-0.39, 0.29) is 17.5 Å². The largest absolute Gasteiger partial charge is 0.377 e. The van der Waals surface area contributed by atoms with Crippen LogP contribution in [0.15, 0.2) is 42.5 Å². The maximum Gasteiger partial charge on any atom is 0.292 e. The number of nitro benzene ring substituents is 1. The van der Waals surface area contributed by atoms with E-state index in [9.17, 15) is 14.5 Å². The first-order valence-electron chi connectivity index (χ1n) is 6.72. The lowest BCUT2D eigenvalue weighted by molar-refractivity contribution is -0.384. The Morgan fingerprint density at radius 2 is 2.00 bits per heavy atom. The monoisotopic (exact) mass is 288 g/mol. The molecule has 5 heteroatoms. The molecule has 1 N–H and O–H groups in total. The Hall–Kier alpha value is -2.43. The third-order valence-electron chi connectivity index (χ3n) is 3.24. The molecule has 0 amide bonds. The average Bonchev–Trinajstić information content (AvgIpc) is 2.43. The Labute approximate surface area is 122 Å². The van der Waals surface area contributed by atoms with E-state index in [1.165, 1.54) is 12.1 Å². The molecule has 0 heterocycles. The van der Waals surface area contributed by atoms with Crippen LogP contribution in [0.3, 0.4) is 0 Å². The predicted molar refractivity (Wildman–Crippen MR) is 81.0 cm³/mol. The number of benzene rings is 2. The number of nitrogens with zero attached hydrogens (tertiary/aromatic N) is 1. The third kappa shape index (κ3) is 3.78. The quantitative estimate of drug-likeness (QED) is 0.666. The lowest BCUT2D eigenvalue weighted by atomic mass is 10.1. The molecule has 0 aromatic heterocycles. The van der Waals surface area contributed by atoms with Crippen LogP contribution in [0.25, 0.3) is 0 Å². The third-order valence-corrected chi connectivity index (χ3v) is 3.24. The summed E-state index contributed by atoms with van der Waals surface area (Å²) in [5.41, 5.74) is 1.91. The molecule has 0 radical (unpaired) electrons. The van der Waals surface area contributed by atoms with Gasteiger partial charge in [0.05, 0.1) is 4.92 Å². The molecule has 1 unspecified atom stereocenters. The fourth-order valence-corrected chi connectivity index (χ4v) is 2.23. The van der Waals surface area contributed by atoms with Crippen molar-refractivity contribution in [1.29, 1.82) is 0 Å². The smallest absolute Gasteiger partial charge is 0.292 e. The van der Waals surface area contributed by atoms with Gasteiger partial charge in [-0.3, -0.25) is 10.1 Å². The second-order valence-corrected chi connectivity index (χ2v) is 5.12. The van der Waals surface area contributed by atoms with Crippen LogP contribution in [0, 0.1) is 22.9 Å². The molecule has 0 bridgehead atoms. The zero-order chi connectivity index (χ0) is 15.4. The van der Waals surface area contributed by atoms with Crippen LogP contribution < -0.4 is 5.32 Å². The van der Waals surface area contributed by atoms with E-state index in [1.54, 1.807) is 31.2 Å². The average molecular weight is 288 g/mol. The number of nitrogens with one attached hydrogen (secondary N) is 1. The molecule has 0 aliphatic carbocycles. The van der Waals surface area contributed by atoms with Gasteiger partial charge in [-0.2, -0.15) is 0 Å². The zero-order valence-corrected chi connectivity index (χ0v) is 12.0. The van der Waals surface area contributed by atoms with Gasteiger partial charge in [-0.15, -0.1) is 0 Å². The molecule has 0 spiro atoms.